The van der Waals surface area contributed by atoms with Gasteiger partial charge in [-0.05, 0) is 97.2 Å². The van der Waals surface area contributed by atoms with E-state index in [1.165, 1.54) is 4.90 Å². The molecule has 344 valence electrons. The van der Waals surface area contributed by atoms with Crippen LogP contribution in [0.25, 0.3) is 33.3 Å². The van der Waals surface area contributed by atoms with Gasteiger partial charge in [-0.1, -0.05) is 39.8 Å². The number of nitrogens with zero attached hydrogens (tertiary/aromatic N) is 5. The Morgan fingerprint density at radius 3 is 2.52 bits per heavy atom. The molecule has 2 aliphatic rings. The Kier molecular flexibility index (Phi) is 15.5. The number of carbonyl (C=O) groups excluding carboxylic acids is 5. The maximum Gasteiger partial charge on any atom is 0.293 e. The third-order valence-electron chi connectivity index (χ3n) is 12.5. The van der Waals surface area contributed by atoms with Crippen LogP contribution >= 0.6 is 0 Å². The Morgan fingerprint density at radius 2 is 1.86 bits per heavy atom. The van der Waals surface area contributed by atoms with Gasteiger partial charge in [0.1, 0.15) is 17.8 Å². The Morgan fingerprint density at radius 1 is 1.08 bits per heavy atom. The van der Waals surface area contributed by atoms with Crippen molar-refractivity contribution in [2.75, 3.05) is 46.9 Å². The molecule has 64 heavy (non-hydrogen) atoms. The van der Waals surface area contributed by atoms with Crippen LogP contribution in [0.5, 0.6) is 5.75 Å². The molecule has 0 aliphatic carbocycles. The highest BCUT2D eigenvalue weighted by molar-refractivity contribution is 5.96. The number of likely N-dealkylation sites (N-methyl/N-ethyl adjacent to an activating group) is 1. The van der Waals surface area contributed by atoms with Crippen LogP contribution < -0.4 is 10.7 Å². The zero-order valence-electron chi connectivity index (χ0n) is 38.6. The van der Waals surface area contributed by atoms with Gasteiger partial charge in [0.2, 0.25) is 17.7 Å². The van der Waals surface area contributed by atoms with E-state index >= 15 is 0 Å². The van der Waals surface area contributed by atoms with Crippen LogP contribution in [0.3, 0.4) is 0 Å². The van der Waals surface area contributed by atoms with Crippen molar-refractivity contribution >= 4 is 41.0 Å². The number of hydrazine groups is 1. The lowest BCUT2D eigenvalue weighted by molar-refractivity contribution is -0.145. The van der Waals surface area contributed by atoms with E-state index in [0.29, 0.717) is 63.4 Å². The molecule has 2 fully saturated rings. The molecule has 6 rings (SSSR count). The van der Waals surface area contributed by atoms with Crippen LogP contribution in [0.1, 0.15) is 77.5 Å². The monoisotopic (exact) mass is 879 g/mol. The van der Waals surface area contributed by atoms with Crippen molar-refractivity contribution in [3.05, 3.63) is 71.5 Å². The van der Waals surface area contributed by atoms with Crippen LogP contribution in [0.2, 0.25) is 0 Å². The molecule has 0 bridgehead atoms. The maximum atomic E-state index is 14.3. The molecule has 15 heteroatoms. The SMILES string of the molecule is CCN1CC(C(=O)N(C)C(C(=O)NC(Cc2cc(O)cc(-c3ccc4c(c3)c(CC(C)(C)COC=O)c(-c3cnccc3COC)n4CC)c2)C(=O)N2CCCCN2)C(C)C)CC1=O. The average Bonchev–Trinajstić information content (AvgIpc) is 3.80. The summed E-state index contributed by atoms with van der Waals surface area (Å²) >= 11 is 0. The normalized spacial score (nSPS) is 16.6. The fraction of sp³-hybridized carbons (Fsp3) is 0.510. The predicted molar refractivity (Wildman–Crippen MR) is 244 cm³/mol. The fourth-order valence-electron chi connectivity index (χ4n) is 9.44. The van der Waals surface area contributed by atoms with Gasteiger partial charge in [0.05, 0.1) is 24.8 Å². The first-order valence-corrected chi connectivity index (χ1v) is 22.5. The van der Waals surface area contributed by atoms with Crippen molar-refractivity contribution in [3.8, 4) is 28.1 Å². The van der Waals surface area contributed by atoms with Gasteiger partial charge < -0.3 is 34.3 Å². The van der Waals surface area contributed by atoms with E-state index < -0.39 is 29.3 Å². The number of carbonyl (C=O) groups is 5. The first-order chi connectivity index (χ1) is 30.6. The maximum absolute atomic E-state index is 14.3. The summed E-state index contributed by atoms with van der Waals surface area (Å²) in [6.45, 7) is 15.5. The molecule has 3 atom stereocenters. The van der Waals surface area contributed by atoms with E-state index in [1.807, 2.05) is 45.2 Å². The quantitative estimate of drug-likeness (QED) is 0.102. The first kappa shape index (κ1) is 47.7. The second kappa shape index (κ2) is 20.8. The van der Waals surface area contributed by atoms with Gasteiger partial charge in [-0.3, -0.25) is 34.0 Å². The van der Waals surface area contributed by atoms with Gasteiger partial charge in [0.15, 0.2) is 0 Å². The topological polar surface area (TPSA) is 176 Å². The van der Waals surface area contributed by atoms with Crippen LogP contribution in [-0.4, -0.2) is 119 Å². The van der Waals surface area contributed by atoms with E-state index in [9.17, 15) is 29.1 Å². The molecule has 0 radical (unpaired) electrons. The van der Waals surface area contributed by atoms with E-state index in [4.69, 9.17) is 9.47 Å². The summed E-state index contributed by atoms with van der Waals surface area (Å²) in [5.74, 6) is -2.03. The van der Waals surface area contributed by atoms with Crippen LogP contribution in [0, 0.1) is 17.3 Å². The van der Waals surface area contributed by atoms with Gasteiger partial charge in [0, 0.05) is 94.0 Å². The number of methoxy groups -OCH3 is 1. The first-order valence-electron chi connectivity index (χ1n) is 22.5. The fourth-order valence-corrected chi connectivity index (χ4v) is 9.44. The minimum atomic E-state index is -1.03. The number of aryl methyl sites for hydroxylation is 1. The number of amides is 4. The zero-order chi connectivity index (χ0) is 46.3. The highest BCUT2D eigenvalue weighted by Gasteiger charge is 2.40. The van der Waals surface area contributed by atoms with E-state index in [1.54, 1.807) is 42.4 Å². The number of nitrogens with one attached hydrogen (secondary N) is 2. The number of ether oxygens (including phenoxy) is 2. The van der Waals surface area contributed by atoms with Gasteiger partial charge in [-0.15, -0.1) is 0 Å². The van der Waals surface area contributed by atoms with Crippen molar-refractivity contribution in [1.82, 2.24) is 35.1 Å². The van der Waals surface area contributed by atoms with Crippen LogP contribution in [0.4, 0.5) is 0 Å². The second-order valence-corrected chi connectivity index (χ2v) is 18.2. The molecule has 4 aromatic rings. The second-order valence-electron chi connectivity index (χ2n) is 18.2. The Balaban J connectivity index is 1.38. The van der Waals surface area contributed by atoms with E-state index in [2.05, 4.69) is 53.2 Å². The van der Waals surface area contributed by atoms with Gasteiger partial charge >= 0.3 is 0 Å². The summed E-state index contributed by atoms with van der Waals surface area (Å²) in [5, 5.41) is 16.8. The molecule has 2 aromatic carbocycles. The number of hydrogen-bond acceptors (Lipinski definition) is 10. The van der Waals surface area contributed by atoms with Crippen molar-refractivity contribution in [1.29, 1.82) is 0 Å². The number of phenols is 1. The predicted octanol–water partition coefficient (Wildman–Crippen LogP) is 5.49. The number of pyridine rings is 1. The van der Waals surface area contributed by atoms with Crippen LogP contribution in [0.15, 0.2) is 54.9 Å². The third-order valence-corrected chi connectivity index (χ3v) is 12.5. The summed E-state index contributed by atoms with van der Waals surface area (Å²) in [7, 11) is 3.25. The number of hydrogen-bond donors (Lipinski definition) is 3. The number of fused-ring (bicyclic) bond motifs is 1. The molecule has 4 amide bonds. The van der Waals surface area contributed by atoms with Crippen LogP contribution in [-0.2, 0) is 59.4 Å². The number of aromatic nitrogens is 2. The van der Waals surface area contributed by atoms with Crippen molar-refractivity contribution in [2.45, 2.75) is 98.9 Å². The molecular formula is C49H65N7O8. The lowest BCUT2D eigenvalue weighted by atomic mass is 9.84. The number of aromatic hydroxyl groups is 1. The van der Waals surface area contributed by atoms with Crippen molar-refractivity contribution in [3.63, 3.8) is 0 Å². The molecule has 15 nitrogen and oxygen atoms in total. The molecular weight excluding hydrogens is 815 g/mol. The molecule has 3 N–H and O–H groups in total. The minimum absolute atomic E-state index is 0.00223. The molecule has 4 heterocycles. The number of benzene rings is 2. The lowest BCUT2D eigenvalue weighted by Gasteiger charge is -2.35. The molecule has 2 aromatic heterocycles. The number of rotatable bonds is 19. The number of phenolic OH excluding ortho intramolecular Hbond substituents is 1. The highest BCUT2D eigenvalue weighted by Crippen LogP contribution is 2.41. The van der Waals surface area contributed by atoms with Crippen molar-refractivity contribution in [2.24, 2.45) is 17.3 Å². The van der Waals surface area contributed by atoms with Gasteiger partial charge in [-0.2, -0.15) is 0 Å². The Labute approximate surface area is 376 Å². The molecule has 3 unspecified atom stereocenters. The summed E-state index contributed by atoms with van der Waals surface area (Å²) in [6, 6.07) is 11.4. The van der Waals surface area contributed by atoms with Gasteiger partial charge in [0.25, 0.3) is 12.4 Å². The summed E-state index contributed by atoms with van der Waals surface area (Å²) in [4.78, 5) is 73.8. The lowest BCUT2D eigenvalue weighted by Crippen LogP contribution is -2.59. The summed E-state index contributed by atoms with van der Waals surface area (Å²) in [5.41, 5.74) is 9.89. The smallest absolute Gasteiger partial charge is 0.293 e. The largest absolute Gasteiger partial charge is 0.508 e. The van der Waals surface area contributed by atoms with Crippen molar-refractivity contribution < 1.29 is 38.6 Å². The molecule has 2 aliphatic heterocycles. The average molecular weight is 880 g/mol. The molecule has 0 saturated carbocycles. The number of likely N-dealkylation sites (tertiary alicyclic amines) is 1. The standard InChI is InChI=1S/C49H65N7O8/c1-9-54-27-36(24-43(54)59)47(61)53(7)44(31(3)4)46(60)52-41(48(62)56-18-12-11-16-51-56)21-32-19-35(22-37(58)20-32)33-13-14-42-38(23-33)39(25-49(5,6)29-64-30-57)45(55(42)10-2)40-26-50-17-15-34(40)28-63-8/h13-15,17,19-20,22-23,26,30-31,36,41,44,51,58H,9-12,16,18,21,24-25,27-29H2,1-8H3,(H,52,60). The third kappa shape index (κ3) is 10.6. The Hall–Kier alpha value is -5.80. The minimum Gasteiger partial charge on any atom is -0.508 e. The van der Waals surface area contributed by atoms with E-state index in [-0.39, 0.29) is 48.8 Å². The highest BCUT2D eigenvalue weighted by atomic mass is 16.5. The van der Waals surface area contributed by atoms with E-state index in [0.717, 1.165) is 51.7 Å². The molecule has 0 spiro atoms. The van der Waals surface area contributed by atoms with Gasteiger partial charge in [-0.25, -0.2) is 5.43 Å². The zero-order valence-corrected chi connectivity index (χ0v) is 38.6. The Bertz CT molecular complexity index is 2330. The summed E-state index contributed by atoms with van der Waals surface area (Å²) in [6.07, 6.45) is 6.06. The summed E-state index contributed by atoms with van der Waals surface area (Å²) < 4.78 is 13.2. The molecule has 2 saturated heterocycles.